The molecule has 0 bridgehead atoms. The Labute approximate surface area is 117 Å². The maximum absolute atomic E-state index is 11.9. The smallest absolute Gasteiger partial charge is 0.223 e. The second-order valence-electron chi connectivity index (χ2n) is 5.01. The fourth-order valence-electron chi connectivity index (χ4n) is 2.59. The highest BCUT2D eigenvalue weighted by Crippen LogP contribution is 2.25. The topological polar surface area (TPSA) is 63.9 Å². The molecule has 0 aromatic carbocycles. The Balaban J connectivity index is 1.99. The van der Waals surface area contributed by atoms with Crippen LogP contribution in [0.2, 0.25) is 0 Å². The normalized spacial score (nSPS) is 16.7. The van der Waals surface area contributed by atoms with Crippen LogP contribution in [0, 0.1) is 6.92 Å². The number of likely N-dealkylation sites (tertiary alicyclic amines) is 1. The SMILES string of the molecule is Cc1nc([C@@H](C)N2CCCC2=O)n(-c2cccnc2)n1. The summed E-state index contributed by atoms with van der Waals surface area (Å²) in [6, 6.07) is 3.72. The number of amides is 1. The van der Waals surface area contributed by atoms with Crippen LogP contribution >= 0.6 is 0 Å². The lowest BCUT2D eigenvalue weighted by molar-refractivity contribution is -0.129. The zero-order valence-electron chi connectivity index (χ0n) is 11.7. The largest absolute Gasteiger partial charge is 0.333 e. The number of pyridine rings is 1. The predicted molar refractivity (Wildman–Crippen MR) is 73.3 cm³/mol. The van der Waals surface area contributed by atoms with Gasteiger partial charge in [-0.05, 0) is 32.4 Å². The molecule has 1 aliphatic rings. The van der Waals surface area contributed by atoms with Crippen LogP contribution in [0.4, 0.5) is 0 Å². The average molecular weight is 271 g/mol. The molecule has 0 N–H and O–H groups in total. The monoisotopic (exact) mass is 271 g/mol. The van der Waals surface area contributed by atoms with Gasteiger partial charge in [0, 0.05) is 19.2 Å². The van der Waals surface area contributed by atoms with Crippen molar-refractivity contribution in [1.29, 1.82) is 0 Å². The number of hydrogen-bond acceptors (Lipinski definition) is 4. The van der Waals surface area contributed by atoms with Gasteiger partial charge in [-0.25, -0.2) is 9.67 Å². The maximum atomic E-state index is 11.9. The van der Waals surface area contributed by atoms with Crippen LogP contribution in [-0.4, -0.2) is 37.1 Å². The molecule has 1 amide bonds. The second kappa shape index (κ2) is 5.03. The predicted octanol–water partition coefficient (Wildman–Crippen LogP) is 1.65. The van der Waals surface area contributed by atoms with Crippen molar-refractivity contribution in [2.45, 2.75) is 32.7 Å². The van der Waals surface area contributed by atoms with E-state index < -0.39 is 0 Å². The van der Waals surface area contributed by atoms with Crippen molar-refractivity contribution in [2.75, 3.05) is 6.54 Å². The van der Waals surface area contributed by atoms with Gasteiger partial charge in [-0.2, -0.15) is 5.10 Å². The molecule has 1 fully saturated rings. The highest BCUT2D eigenvalue weighted by Gasteiger charge is 2.29. The van der Waals surface area contributed by atoms with Crippen LogP contribution in [-0.2, 0) is 4.79 Å². The van der Waals surface area contributed by atoms with Gasteiger partial charge >= 0.3 is 0 Å². The number of carbonyl (C=O) groups excluding carboxylic acids is 1. The number of carbonyl (C=O) groups is 1. The standard InChI is InChI=1S/C14H17N5O/c1-10(18-8-4-6-13(18)20)14-16-11(2)17-19(14)12-5-3-7-15-9-12/h3,5,7,9-10H,4,6,8H2,1-2H3/t10-/m1/s1. The van der Waals surface area contributed by atoms with Crippen molar-refractivity contribution in [3.8, 4) is 5.69 Å². The number of rotatable bonds is 3. The lowest BCUT2D eigenvalue weighted by atomic mass is 10.2. The summed E-state index contributed by atoms with van der Waals surface area (Å²) in [5.74, 6) is 1.67. The van der Waals surface area contributed by atoms with E-state index in [-0.39, 0.29) is 11.9 Å². The summed E-state index contributed by atoms with van der Waals surface area (Å²) in [6.45, 7) is 4.65. The maximum Gasteiger partial charge on any atom is 0.223 e. The molecule has 3 rings (SSSR count). The zero-order valence-corrected chi connectivity index (χ0v) is 11.7. The molecule has 1 aliphatic heterocycles. The molecule has 1 atom stereocenters. The van der Waals surface area contributed by atoms with Crippen LogP contribution in [0.3, 0.4) is 0 Å². The Morgan fingerprint density at radius 2 is 2.25 bits per heavy atom. The molecule has 1 saturated heterocycles. The molecule has 0 aliphatic carbocycles. The van der Waals surface area contributed by atoms with Crippen LogP contribution in [0.15, 0.2) is 24.5 Å². The number of nitrogens with zero attached hydrogens (tertiary/aromatic N) is 5. The first-order valence-electron chi connectivity index (χ1n) is 6.80. The fraction of sp³-hybridized carbons (Fsp3) is 0.429. The van der Waals surface area contributed by atoms with E-state index in [4.69, 9.17) is 0 Å². The minimum absolute atomic E-state index is 0.0774. The molecule has 104 valence electrons. The summed E-state index contributed by atoms with van der Waals surface area (Å²) >= 11 is 0. The van der Waals surface area contributed by atoms with Gasteiger partial charge in [-0.3, -0.25) is 9.78 Å². The lowest BCUT2D eigenvalue weighted by Crippen LogP contribution is -2.29. The number of aromatic nitrogens is 4. The van der Waals surface area contributed by atoms with Gasteiger partial charge in [0.05, 0.1) is 17.9 Å². The van der Waals surface area contributed by atoms with E-state index in [1.165, 1.54) is 0 Å². The van der Waals surface area contributed by atoms with Crippen molar-refractivity contribution < 1.29 is 4.79 Å². The zero-order chi connectivity index (χ0) is 14.1. The van der Waals surface area contributed by atoms with Crippen molar-refractivity contribution in [1.82, 2.24) is 24.6 Å². The van der Waals surface area contributed by atoms with Gasteiger partial charge in [0.2, 0.25) is 5.91 Å². The van der Waals surface area contributed by atoms with Crippen molar-refractivity contribution in [3.05, 3.63) is 36.2 Å². The van der Waals surface area contributed by atoms with E-state index in [1.54, 1.807) is 17.1 Å². The van der Waals surface area contributed by atoms with E-state index >= 15 is 0 Å². The third kappa shape index (κ3) is 2.17. The molecule has 0 spiro atoms. The highest BCUT2D eigenvalue weighted by atomic mass is 16.2. The molecule has 6 heteroatoms. The summed E-state index contributed by atoms with van der Waals surface area (Å²) in [5, 5.41) is 4.43. The first kappa shape index (κ1) is 12.8. The van der Waals surface area contributed by atoms with Gasteiger partial charge in [-0.15, -0.1) is 0 Å². The first-order valence-corrected chi connectivity index (χ1v) is 6.80. The summed E-state index contributed by atoms with van der Waals surface area (Å²) in [5.41, 5.74) is 0.863. The molecule has 3 heterocycles. The van der Waals surface area contributed by atoms with Crippen LogP contribution < -0.4 is 0 Å². The Bertz CT molecular complexity index is 622. The fourth-order valence-corrected chi connectivity index (χ4v) is 2.59. The van der Waals surface area contributed by atoms with Crippen molar-refractivity contribution in [2.24, 2.45) is 0 Å². The van der Waals surface area contributed by atoms with Crippen LogP contribution in [0.5, 0.6) is 0 Å². The first-order chi connectivity index (χ1) is 9.66. The Morgan fingerprint density at radius 3 is 2.90 bits per heavy atom. The Morgan fingerprint density at radius 1 is 1.40 bits per heavy atom. The Hall–Kier alpha value is -2.24. The minimum Gasteiger partial charge on any atom is -0.333 e. The third-order valence-corrected chi connectivity index (χ3v) is 3.58. The van der Waals surface area contributed by atoms with E-state index in [9.17, 15) is 4.79 Å². The Kier molecular flexibility index (Phi) is 3.22. The van der Waals surface area contributed by atoms with Gasteiger partial charge < -0.3 is 4.90 Å². The average Bonchev–Trinajstić information content (AvgIpc) is 3.05. The minimum atomic E-state index is -0.0774. The number of hydrogen-bond donors (Lipinski definition) is 0. The molecule has 0 saturated carbocycles. The summed E-state index contributed by atoms with van der Waals surface area (Å²) < 4.78 is 1.78. The van der Waals surface area contributed by atoms with E-state index in [0.29, 0.717) is 12.2 Å². The molecule has 2 aromatic rings. The van der Waals surface area contributed by atoms with E-state index in [1.807, 2.05) is 30.9 Å². The van der Waals surface area contributed by atoms with Crippen molar-refractivity contribution in [3.63, 3.8) is 0 Å². The second-order valence-corrected chi connectivity index (χ2v) is 5.01. The quantitative estimate of drug-likeness (QED) is 0.851. The van der Waals surface area contributed by atoms with Gasteiger partial charge in [0.15, 0.2) is 5.82 Å². The third-order valence-electron chi connectivity index (χ3n) is 3.58. The van der Waals surface area contributed by atoms with Crippen LogP contribution in [0.1, 0.15) is 37.5 Å². The molecular formula is C14H17N5O. The molecule has 6 nitrogen and oxygen atoms in total. The van der Waals surface area contributed by atoms with Gasteiger partial charge in [0.1, 0.15) is 5.82 Å². The highest BCUT2D eigenvalue weighted by molar-refractivity contribution is 5.78. The van der Waals surface area contributed by atoms with E-state index in [2.05, 4.69) is 15.1 Å². The van der Waals surface area contributed by atoms with E-state index in [0.717, 1.165) is 24.5 Å². The lowest BCUT2D eigenvalue weighted by Gasteiger charge is -2.23. The summed E-state index contributed by atoms with van der Waals surface area (Å²) in [4.78, 5) is 22.4. The van der Waals surface area contributed by atoms with Gasteiger partial charge in [0.25, 0.3) is 0 Å². The molecule has 20 heavy (non-hydrogen) atoms. The van der Waals surface area contributed by atoms with Gasteiger partial charge in [-0.1, -0.05) is 0 Å². The number of aryl methyl sites for hydroxylation is 1. The molecule has 0 radical (unpaired) electrons. The van der Waals surface area contributed by atoms with Crippen molar-refractivity contribution >= 4 is 5.91 Å². The molecular weight excluding hydrogens is 254 g/mol. The summed E-state index contributed by atoms with van der Waals surface area (Å²) in [7, 11) is 0. The molecule has 0 unspecified atom stereocenters. The van der Waals surface area contributed by atoms with Crippen LogP contribution in [0.25, 0.3) is 5.69 Å². The molecule has 2 aromatic heterocycles. The summed E-state index contributed by atoms with van der Waals surface area (Å²) in [6.07, 6.45) is 5.02.